The van der Waals surface area contributed by atoms with Crippen molar-refractivity contribution in [1.29, 1.82) is 0 Å². The Kier molecular flexibility index (Phi) is 13.0. The maximum atomic E-state index is 17.0. The quantitative estimate of drug-likeness (QED) is 0.0866. The smallest absolute Gasteiger partial charge is 0.407 e. The van der Waals surface area contributed by atoms with Gasteiger partial charge in [-0.15, -0.1) is 11.3 Å². The highest BCUT2D eigenvalue weighted by molar-refractivity contribution is 7.12. The highest BCUT2D eigenvalue weighted by Crippen LogP contribution is 2.49. The van der Waals surface area contributed by atoms with Crippen LogP contribution in [-0.4, -0.2) is 111 Å². The molecule has 17 nitrogen and oxygen atoms in total. The summed E-state index contributed by atoms with van der Waals surface area (Å²) in [6.45, 7) is 5.87. The average Bonchev–Trinajstić information content (AvgIpc) is 4.13. The van der Waals surface area contributed by atoms with E-state index in [-0.39, 0.29) is 35.7 Å². The van der Waals surface area contributed by atoms with Gasteiger partial charge < -0.3 is 49.3 Å². The Morgan fingerprint density at radius 3 is 2.14 bits per heavy atom. The number of methoxy groups -OCH3 is 2. The van der Waals surface area contributed by atoms with Gasteiger partial charge in [0.1, 0.15) is 35.3 Å². The first-order valence-electron chi connectivity index (χ1n) is 25.2. The number of aromatic amines is 2. The van der Waals surface area contributed by atoms with E-state index in [9.17, 15) is 19.2 Å². The van der Waals surface area contributed by atoms with Crippen LogP contribution in [0.2, 0.25) is 0 Å². The maximum absolute atomic E-state index is 17.0. The number of imidazole rings is 2. The number of halogens is 1. The number of amides is 4. The predicted molar refractivity (Wildman–Crippen MR) is 266 cm³/mol. The molecule has 1 unspecified atom stereocenters. The second-order valence-corrected chi connectivity index (χ2v) is 21.3. The van der Waals surface area contributed by atoms with Gasteiger partial charge in [0, 0.05) is 47.7 Å². The van der Waals surface area contributed by atoms with Crippen LogP contribution in [0.5, 0.6) is 5.75 Å². The zero-order valence-electron chi connectivity index (χ0n) is 40.9. The summed E-state index contributed by atoms with van der Waals surface area (Å²) in [6.07, 6.45) is 9.38. The summed E-state index contributed by atoms with van der Waals surface area (Å²) in [5.41, 5.74) is 4.70. The summed E-state index contributed by atoms with van der Waals surface area (Å²) in [7, 11) is 2.57. The van der Waals surface area contributed by atoms with Gasteiger partial charge in [0.25, 0.3) is 0 Å². The molecule has 4 aliphatic heterocycles. The third kappa shape index (κ3) is 9.09. The van der Waals surface area contributed by atoms with Gasteiger partial charge in [0.2, 0.25) is 18.0 Å². The van der Waals surface area contributed by atoms with E-state index in [1.807, 2.05) is 43.0 Å². The minimum Gasteiger partial charge on any atom is -0.464 e. The van der Waals surface area contributed by atoms with Crippen LogP contribution >= 0.6 is 11.3 Å². The maximum Gasteiger partial charge on any atom is 0.407 e. The number of aromatic nitrogens is 5. The molecule has 19 heteroatoms. The lowest BCUT2D eigenvalue weighted by Gasteiger charge is -2.34. The molecule has 4 N–H and O–H groups in total. The molecule has 5 atom stereocenters. The summed E-state index contributed by atoms with van der Waals surface area (Å²) < 4.78 is 41.3. The predicted octanol–water partition coefficient (Wildman–Crippen LogP) is 9.04. The number of fused-ring (bicyclic) bond motifs is 5. The molecule has 4 fully saturated rings. The molecule has 0 bridgehead atoms. The number of alkyl carbamates (subject to hydrolysis) is 2. The van der Waals surface area contributed by atoms with Crippen LogP contribution in [0.25, 0.3) is 44.7 Å². The molecule has 4 aromatic heterocycles. The third-order valence-corrected chi connectivity index (χ3v) is 16.2. The van der Waals surface area contributed by atoms with E-state index in [4.69, 9.17) is 28.9 Å². The molecule has 4 amide bonds. The molecule has 1 aliphatic carbocycles. The van der Waals surface area contributed by atoms with Crippen LogP contribution in [0.3, 0.4) is 0 Å². The molecular weight excluding hydrogens is 942 g/mol. The Labute approximate surface area is 420 Å². The number of carbonyl (C=O) groups is 4. The van der Waals surface area contributed by atoms with Gasteiger partial charge in [-0.05, 0) is 118 Å². The summed E-state index contributed by atoms with van der Waals surface area (Å²) in [4.78, 5) is 75.1. The lowest BCUT2D eigenvalue weighted by atomic mass is 9.90. The normalized spacial score (nSPS) is 20.8. The van der Waals surface area contributed by atoms with Crippen molar-refractivity contribution in [2.75, 3.05) is 40.5 Å². The fourth-order valence-corrected chi connectivity index (χ4v) is 12.3. The lowest BCUT2D eigenvalue weighted by Crippen LogP contribution is -2.53. The van der Waals surface area contributed by atoms with Crippen LogP contribution in [0, 0.1) is 23.6 Å². The number of nitrogens with zero attached hydrogens (tertiary/aromatic N) is 5. The molecule has 378 valence electrons. The van der Waals surface area contributed by atoms with Gasteiger partial charge >= 0.3 is 12.2 Å². The van der Waals surface area contributed by atoms with Gasteiger partial charge in [-0.25, -0.2) is 23.9 Å². The highest BCUT2D eigenvalue weighted by Gasteiger charge is 2.41. The second kappa shape index (κ2) is 19.7. The largest absolute Gasteiger partial charge is 0.464 e. The van der Waals surface area contributed by atoms with Crippen molar-refractivity contribution in [3.8, 4) is 39.5 Å². The van der Waals surface area contributed by atoms with Crippen LogP contribution in [0.1, 0.15) is 105 Å². The number of benzene rings is 2. The van der Waals surface area contributed by atoms with Crippen LogP contribution < -0.4 is 15.4 Å². The fourth-order valence-electron chi connectivity index (χ4n) is 11.1. The Hall–Kier alpha value is -6.73. The Bertz CT molecular complexity index is 3020. The van der Waals surface area contributed by atoms with Crippen molar-refractivity contribution in [3.63, 3.8) is 0 Å². The zero-order valence-corrected chi connectivity index (χ0v) is 41.7. The molecule has 3 saturated heterocycles. The minimum atomic E-state index is -0.770. The van der Waals surface area contributed by atoms with Crippen LogP contribution in [0.4, 0.5) is 14.0 Å². The Morgan fingerprint density at radius 2 is 1.47 bits per heavy atom. The molecule has 2 aromatic carbocycles. The van der Waals surface area contributed by atoms with Crippen LogP contribution in [-0.2, 0) is 30.2 Å². The molecule has 0 radical (unpaired) electrons. The molecule has 6 aromatic rings. The summed E-state index contributed by atoms with van der Waals surface area (Å²) in [5, 5.41) is 6.41. The van der Waals surface area contributed by atoms with E-state index in [1.54, 1.807) is 28.6 Å². The standard InChI is InChI=1S/C53H60FN9O8S/c1-28(2)45(59-52(66)68-3)49(64)61-17-5-7-39(61)48-56-27-37(58-48)32-23-35(54)44-41-24-33-22-31(11-13-38(33)63(41)51(71-42(44)25-32)43-14-12-34(72-43)21-29-9-10-29)36-26-55-47(57-36)40-8-6-18-62(40)50(65)46(60-53(67)69-4)30-15-19-70-20-16-30/h11-14,22-30,39-40,45-46,51H,5-10,15-21H2,1-4H3,(H,55,57)(H,56,58)(H,59,66)(H,60,67)/t39-,40-,45-,46-,51?/m0/s1. The molecular formula is C53H60FN9O8S. The number of rotatable bonds is 13. The Balaban J connectivity index is 0.897. The summed E-state index contributed by atoms with van der Waals surface area (Å²) in [5.74, 6) is 1.30. The Morgan fingerprint density at radius 1 is 0.806 bits per heavy atom. The van der Waals surface area contributed by atoms with Crippen molar-refractivity contribution < 1.29 is 42.5 Å². The molecule has 0 spiro atoms. The first kappa shape index (κ1) is 47.6. The zero-order chi connectivity index (χ0) is 49.8. The number of thiophene rings is 1. The van der Waals surface area contributed by atoms with Gasteiger partial charge in [-0.2, -0.15) is 0 Å². The number of likely N-dealkylation sites (tertiary alicyclic amines) is 2. The monoisotopic (exact) mass is 1000 g/mol. The van der Waals surface area contributed by atoms with Gasteiger partial charge in [0.05, 0.1) is 71.7 Å². The van der Waals surface area contributed by atoms with E-state index in [1.165, 1.54) is 38.0 Å². The van der Waals surface area contributed by atoms with Crippen molar-refractivity contribution in [2.24, 2.45) is 17.8 Å². The fraction of sp³-hybridized carbons (Fsp3) is 0.472. The molecule has 72 heavy (non-hydrogen) atoms. The van der Waals surface area contributed by atoms with Crippen molar-refractivity contribution in [1.82, 2.24) is 44.9 Å². The van der Waals surface area contributed by atoms with E-state index in [0.717, 1.165) is 52.7 Å². The van der Waals surface area contributed by atoms with E-state index < -0.39 is 36.3 Å². The van der Waals surface area contributed by atoms with E-state index in [0.29, 0.717) is 91.4 Å². The summed E-state index contributed by atoms with van der Waals surface area (Å²) in [6, 6.07) is 13.7. The van der Waals surface area contributed by atoms with Gasteiger partial charge in [0.15, 0.2) is 0 Å². The van der Waals surface area contributed by atoms with E-state index in [2.05, 4.69) is 43.4 Å². The van der Waals surface area contributed by atoms with Crippen molar-refractivity contribution >= 4 is 46.2 Å². The van der Waals surface area contributed by atoms with Crippen molar-refractivity contribution in [3.05, 3.63) is 88.1 Å². The number of hydrogen-bond acceptors (Lipinski definition) is 11. The first-order chi connectivity index (χ1) is 35.0. The number of H-pyrrole nitrogens is 2. The number of hydrogen-bond donors (Lipinski definition) is 4. The van der Waals surface area contributed by atoms with Crippen molar-refractivity contribution in [2.45, 2.75) is 102 Å². The average molecular weight is 1000 g/mol. The second-order valence-electron chi connectivity index (χ2n) is 20.1. The van der Waals surface area contributed by atoms with Crippen LogP contribution in [0.15, 0.2) is 60.9 Å². The SMILES string of the molecule is COC(=O)N[C@H](C(=O)N1CCC[C@H]1c1ncc(-c2cc(F)c3c(c2)OC(c2ccc(CC4CC4)s2)n2c-3cc3cc(-c4cnc([C@@H]5CCCN5C(=O)[C@@H](NC(=O)OC)C5CCOCC5)[nH]4)ccc32)[nH]1)C(C)C. The number of nitrogens with one attached hydrogen (secondary N) is 4. The van der Waals surface area contributed by atoms with Gasteiger partial charge in [-0.1, -0.05) is 19.9 Å². The van der Waals surface area contributed by atoms with Gasteiger partial charge in [-0.3, -0.25) is 14.2 Å². The summed E-state index contributed by atoms with van der Waals surface area (Å²) >= 11 is 1.73. The highest BCUT2D eigenvalue weighted by atomic mass is 32.1. The molecule has 1 saturated carbocycles. The molecule has 5 aliphatic rings. The van der Waals surface area contributed by atoms with E-state index >= 15 is 4.39 Å². The number of ether oxygens (including phenoxy) is 4. The first-order valence-corrected chi connectivity index (χ1v) is 26.0. The topological polar surface area (TPSA) is 198 Å². The lowest BCUT2D eigenvalue weighted by molar-refractivity contribution is -0.137. The molecule has 8 heterocycles. The number of carbonyl (C=O) groups excluding carboxylic acids is 4. The third-order valence-electron chi connectivity index (χ3n) is 15.1. The molecule has 11 rings (SSSR count). The minimum absolute atomic E-state index is 0.0722.